The van der Waals surface area contributed by atoms with E-state index < -0.39 is 5.82 Å². The molecule has 1 N–H and O–H groups in total. The second-order valence-electron chi connectivity index (χ2n) is 4.92. The third-order valence-corrected chi connectivity index (χ3v) is 3.60. The molecule has 0 saturated heterocycles. The first-order chi connectivity index (χ1) is 9.60. The molecule has 0 bridgehead atoms. The molecule has 6 heteroatoms. The largest absolute Gasteiger partial charge is 0.310 e. The van der Waals surface area contributed by atoms with Crippen molar-refractivity contribution in [3.63, 3.8) is 0 Å². The summed E-state index contributed by atoms with van der Waals surface area (Å²) in [6, 6.07) is 4.71. The summed E-state index contributed by atoms with van der Waals surface area (Å²) in [6.45, 7) is 2.47. The number of hydrogen-bond donors (Lipinski definition) is 1. The van der Waals surface area contributed by atoms with Crippen LogP contribution in [0.15, 0.2) is 18.2 Å². The van der Waals surface area contributed by atoms with Crippen molar-refractivity contribution in [3.8, 4) is 0 Å². The summed E-state index contributed by atoms with van der Waals surface area (Å²) in [5.74, 6) is -0.492. The van der Waals surface area contributed by atoms with Crippen LogP contribution in [0.2, 0.25) is 0 Å². The Morgan fingerprint density at radius 1 is 1.50 bits per heavy atom. The molecule has 0 spiro atoms. The van der Waals surface area contributed by atoms with Crippen molar-refractivity contribution in [1.29, 1.82) is 0 Å². The van der Waals surface area contributed by atoms with Gasteiger partial charge in [-0.15, -0.1) is 0 Å². The Labute approximate surface area is 114 Å². The van der Waals surface area contributed by atoms with Crippen LogP contribution in [0.4, 0.5) is 10.3 Å². The van der Waals surface area contributed by atoms with Crippen LogP contribution in [-0.2, 0) is 16.1 Å². The summed E-state index contributed by atoms with van der Waals surface area (Å²) < 4.78 is 15.5. The number of aryl methyl sites for hydroxylation is 1. The van der Waals surface area contributed by atoms with E-state index in [0.717, 1.165) is 0 Å². The summed E-state index contributed by atoms with van der Waals surface area (Å²) >= 11 is 0. The molecule has 0 atom stereocenters. The van der Waals surface area contributed by atoms with E-state index in [4.69, 9.17) is 0 Å². The Bertz CT molecular complexity index is 700. The molecule has 1 aromatic heterocycles. The predicted molar refractivity (Wildman–Crippen MR) is 71.7 cm³/mol. The monoisotopic (exact) mass is 275 g/mol. The van der Waals surface area contributed by atoms with Gasteiger partial charge >= 0.3 is 0 Å². The van der Waals surface area contributed by atoms with Gasteiger partial charge < -0.3 is 4.57 Å². The van der Waals surface area contributed by atoms with Crippen LogP contribution in [0.25, 0.3) is 11.0 Å². The Hall–Kier alpha value is -2.24. The van der Waals surface area contributed by atoms with Crippen molar-refractivity contribution in [2.75, 3.05) is 5.32 Å². The van der Waals surface area contributed by atoms with Crippen molar-refractivity contribution >= 4 is 28.7 Å². The highest BCUT2D eigenvalue weighted by molar-refractivity contribution is 6.02. The van der Waals surface area contributed by atoms with Gasteiger partial charge in [0.2, 0.25) is 11.9 Å². The molecule has 104 valence electrons. The third-order valence-electron chi connectivity index (χ3n) is 3.60. The van der Waals surface area contributed by atoms with E-state index in [0.29, 0.717) is 18.0 Å². The first kappa shape index (κ1) is 12.8. The fourth-order valence-electron chi connectivity index (χ4n) is 2.42. The number of halogens is 1. The number of Topliss-reactive ketones (excluding diaryl/α,β-unsaturated/α-hetero) is 1. The van der Waals surface area contributed by atoms with Gasteiger partial charge in [-0.25, -0.2) is 9.37 Å². The maximum absolute atomic E-state index is 13.7. The Morgan fingerprint density at radius 2 is 2.25 bits per heavy atom. The number of rotatable bonds is 3. The van der Waals surface area contributed by atoms with Crippen molar-refractivity contribution in [1.82, 2.24) is 9.55 Å². The topological polar surface area (TPSA) is 64.0 Å². The molecule has 1 aromatic carbocycles. The molecule has 3 rings (SSSR count). The number of benzene rings is 1. The highest BCUT2D eigenvalue weighted by Gasteiger charge is 2.33. The summed E-state index contributed by atoms with van der Waals surface area (Å²) in [7, 11) is 0. The molecule has 0 unspecified atom stereocenters. The second-order valence-corrected chi connectivity index (χ2v) is 4.92. The number of amides is 1. The van der Waals surface area contributed by atoms with Crippen LogP contribution in [0.5, 0.6) is 0 Å². The molecular weight excluding hydrogens is 261 g/mol. The number of aromatic nitrogens is 2. The third kappa shape index (κ3) is 1.97. The van der Waals surface area contributed by atoms with E-state index in [9.17, 15) is 14.0 Å². The average Bonchev–Trinajstić information content (AvgIpc) is 2.73. The second kappa shape index (κ2) is 4.70. The van der Waals surface area contributed by atoms with Gasteiger partial charge in [0.05, 0.1) is 11.4 Å². The number of hydrogen-bond acceptors (Lipinski definition) is 3. The Kier molecular flexibility index (Phi) is 3.00. The van der Waals surface area contributed by atoms with Gasteiger partial charge in [-0.2, -0.15) is 0 Å². The predicted octanol–water partition coefficient (Wildman–Crippen LogP) is 2.11. The molecule has 1 fully saturated rings. The van der Waals surface area contributed by atoms with Crippen LogP contribution in [0.3, 0.4) is 0 Å². The van der Waals surface area contributed by atoms with Gasteiger partial charge in [-0.1, -0.05) is 6.07 Å². The molecule has 0 aliphatic heterocycles. The molecule has 1 aliphatic carbocycles. The minimum atomic E-state index is -0.413. The number of para-hydroxylation sites is 1. The maximum Gasteiger partial charge on any atom is 0.230 e. The highest BCUT2D eigenvalue weighted by atomic mass is 19.1. The fourth-order valence-corrected chi connectivity index (χ4v) is 2.42. The first-order valence-electron chi connectivity index (χ1n) is 6.57. The number of carbonyl (C=O) groups is 2. The number of nitrogens with one attached hydrogen (secondary N) is 1. The number of anilines is 1. The molecule has 5 nitrogen and oxygen atoms in total. The van der Waals surface area contributed by atoms with Crippen molar-refractivity contribution in [3.05, 3.63) is 24.0 Å². The van der Waals surface area contributed by atoms with Gasteiger partial charge in [0.15, 0.2) is 5.82 Å². The molecule has 20 heavy (non-hydrogen) atoms. The zero-order valence-corrected chi connectivity index (χ0v) is 11.0. The molecular formula is C14H14FN3O2. The standard InChI is InChI=1S/C14H14FN3O2/c1-2-18-11-5-3-4-10(15)12(11)16-14(18)17-13(20)8-6-9(19)7-8/h3-5,8H,2,6-7H2,1H3,(H,16,17,20). The van der Waals surface area contributed by atoms with E-state index >= 15 is 0 Å². The molecule has 1 amide bonds. The lowest BCUT2D eigenvalue weighted by Gasteiger charge is -2.22. The van der Waals surface area contributed by atoms with Crippen molar-refractivity contribution in [2.45, 2.75) is 26.3 Å². The number of imidazole rings is 1. The van der Waals surface area contributed by atoms with Gasteiger partial charge in [-0.3, -0.25) is 14.9 Å². The zero-order chi connectivity index (χ0) is 14.3. The lowest BCUT2D eigenvalue weighted by atomic mass is 9.83. The summed E-state index contributed by atoms with van der Waals surface area (Å²) in [4.78, 5) is 27.0. The van der Waals surface area contributed by atoms with Gasteiger partial charge in [0.1, 0.15) is 11.3 Å². The van der Waals surface area contributed by atoms with Crippen LogP contribution in [0.1, 0.15) is 19.8 Å². The summed E-state index contributed by atoms with van der Waals surface area (Å²) in [6.07, 6.45) is 0.569. The van der Waals surface area contributed by atoms with E-state index in [-0.39, 0.29) is 36.0 Å². The van der Waals surface area contributed by atoms with Crippen molar-refractivity contribution < 1.29 is 14.0 Å². The van der Waals surface area contributed by atoms with Crippen LogP contribution in [-0.4, -0.2) is 21.2 Å². The number of carbonyl (C=O) groups excluding carboxylic acids is 2. The molecule has 2 aromatic rings. The highest BCUT2D eigenvalue weighted by Crippen LogP contribution is 2.26. The zero-order valence-electron chi connectivity index (χ0n) is 11.0. The number of nitrogens with zero attached hydrogens (tertiary/aromatic N) is 2. The lowest BCUT2D eigenvalue weighted by Crippen LogP contribution is -2.35. The first-order valence-corrected chi connectivity index (χ1v) is 6.57. The summed E-state index contributed by atoms with van der Waals surface area (Å²) in [5, 5.41) is 2.69. The smallest absolute Gasteiger partial charge is 0.230 e. The minimum Gasteiger partial charge on any atom is -0.310 e. The van der Waals surface area contributed by atoms with E-state index in [1.54, 1.807) is 16.7 Å². The average molecular weight is 275 g/mol. The van der Waals surface area contributed by atoms with Gasteiger partial charge in [0.25, 0.3) is 0 Å². The minimum absolute atomic E-state index is 0.0974. The molecule has 1 aliphatic rings. The lowest BCUT2D eigenvalue weighted by molar-refractivity contribution is -0.135. The molecule has 1 saturated carbocycles. The number of fused-ring (bicyclic) bond motifs is 1. The molecule has 1 heterocycles. The van der Waals surface area contributed by atoms with Crippen LogP contribution >= 0.6 is 0 Å². The summed E-state index contributed by atoms with van der Waals surface area (Å²) in [5.41, 5.74) is 0.891. The van der Waals surface area contributed by atoms with Gasteiger partial charge in [0, 0.05) is 19.4 Å². The Morgan fingerprint density at radius 3 is 2.90 bits per heavy atom. The van der Waals surface area contributed by atoms with Crippen LogP contribution in [0, 0.1) is 11.7 Å². The van der Waals surface area contributed by atoms with Crippen LogP contribution < -0.4 is 5.32 Å². The normalized spacial score (nSPS) is 15.4. The fraction of sp³-hybridized carbons (Fsp3) is 0.357. The van der Waals surface area contributed by atoms with E-state index in [2.05, 4.69) is 10.3 Å². The van der Waals surface area contributed by atoms with E-state index in [1.807, 2.05) is 6.92 Å². The quantitative estimate of drug-likeness (QED) is 0.933. The molecule has 0 radical (unpaired) electrons. The SMILES string of the molecule is CCn1c(NC(=O)C2CC(=O)C2)nc2c(F)cccc21. The van der Waals surface area contributed by atoms with Gasteiger partial charge in [-0.05, 0) is 19.1 Å². The number of ketones is 1. The van der Waals surface area contributed by atoms with E-state index in [1.165, 1.54) is 6.07 Å². The Balaban J connectivity index is 1.93. The maximum atomic E-state index is 13.7. The van der Waals surface area contributed by atoms with Crippen molar-refractivity contribution in [2.24, 2.45) is 5.92 Å².